The molecule has 1 aromatic carbocycles. The summed E-state index contributed by atoms with van der Waals surface area (Å²) in [5.41, 5.74) is 0.116. The van der Waals surface area contributed by atoms with E-state index in [1.807, 2.05) is 6.92 Å². The van der Waals surface area contributed by atoms with Gasteiger partial charge in [0.25, 0.3) is 0 Å². The molecule has 1 unspecified atom stereocenters. The van der Waals surface area contributed by atoms with Gasteiger partial charge in [-0.3, -0.25) is 0 Å². The standard InChI is InChI=1S/C12H14F3NO3S2/c1-2-3-8-21(17,18)11-16(19-12(13,14)15)9-6-4-5-7-10(9)20-11/h4-7,11H,2-3,8H2,1H3. The first kappa shape index (κ1) is 16.4. The number of unbranched alkanes of at least 4 members (excludes halogenated alkanes) is 1. The van der Waals surface area contributed by atoms with E-state index < -0.39 is 20.9 Å². The van der Waals surface area contributed by atoms with Crippen LogP contribution in [0.1, 0.15) is 19.8 Å². The molecule has 0 saturated heterocycles. The van der Waals surface area contributed by atoms with Gasteiger partial charge >= 0.3 is 6.36 Å². The summed E-state index contributed by atoms with van der Waals surface area (Å²) in [7, 11) is -3.75. The Kier molecular flexibility index (Phi) is 4.74. The third-order valence-corrected chi connectivity index (χ3v) is 6.64. The Morgan fingerprint density at radius 1 is 1.33 bits per heavy atom. The van der Waals surface area contributed by atoms with Crippen LogP contribution in [-0.4, -0.2) is 25.2 Å². The lowest BCUT2D eigenvalue weighted by Gasteiger charge is -2.25. The van der Waals surface area contributed by atoms with Crippen LogP contribution >= 0.6 is 11.8 Å². The molecule has 9 heteroatoms. The number of para-hydroxylation sites is 1. The van der Waals surface area contributed by atoms with E-state index in [2.05, 4.69) is 4.84 Å². The number of anilines is 1. The first-order valence-electron chi connectivity index (χ1n) is 6.27. The van der Waals surface area contributed by atoms with Crippen molar-refractivity contribution < 1.29 is 26.4 Å². The van der Waals surface area contributed by atoms with Gasteiger partial charge in [0, 0.05) is 4.90 Å². The van der Waals surface area contributed by atoms with Crippen molar-refractivity contribution in [3.63, 3.8) is 0 Å². The van der Waals surface area contributed by atoms with Crippen LogP contribution in [0.2, 0.25) is 0 Å². The molecule has 0 radical (unpaired) electrons. The van der Waals surface area contributed by atoms with E-state index >= 15 is 0 Å². The number of hydrogen-bond acceptors (Lipinski definition) is 5. The Balaban J connectivity index is 2.33. The number of alkyl halides is 3. The summed E-state index contributed by atoms with van der Waals surface area (Å²) >= 11 is 0.855. The Labute approximate surface area is 125 Å². The minimum absolute atomic E-state index is 0.116. The molecule has 1 aliphatic rings. The summed E-state index contributed by atoms with van der Waals surface area (Å²) < 4.78 is 60.7. The molecular formula is C12H14F3NO3S2. The summed E-state index contributed by atoms with van der Waals surface area (Å²) in [6.45, 7) is 1.82. The van der Waals surface area contributed by atoms with Crippen molar-refractivity contribution >= 4 is 27.3 Å². The lowest BCUT2D eigenvalue weighted by atomic mass is 10.3. The van der Waals surface area contributed by atoms with Gasteiger partial charge in [0.2, 0.25) is 4.71 Å². The molecular weight excluding hydrogens is 327 g/mol. The van der Waals surface area contributed by atoms with Gasteiger partial charge in [0.05, 0.1) is 11.4 Å². The van der Waals surface area contributed by atoms with Gasteiger partial charge in [-0.1, -0.05) is 37.2 Å². The second-order valence-electron chi connectivity index (χ2n) is 4.48. The predicted octanol–water partition coefficient (Wildman–Crippen LogP) is 3.55. The Hall–Kier alpha value is -0.930. The summed E-state index contributed by atoms with van der Waals surface area (Å²) in [4.78, 5) is 4.39. The smallest absolute Gasteiger partial charge is 0.226 e. The number of benzene rings is 1. The highest BCUT2D eigenvalue weighted by atomic mass is 32.3. The van der Waals surface area contributed by atoms with Crippen molar-refractivity contribution in [2.45, 2.75) is 35.7 Å². The number of nitrogens with zero attached hydrogens (tertiary/aromatic N) is 1. The molecule has 4 nitrogen and oxygen atoms in total. The van der Waals surface area contributed by atoms with Crippen LogP contribution in [0.3, 0.4) is 0 Å². The minimum Gasteiger partial charge on any atom is -0.226 e. The van der Waals surface area contributed by atoms with Gasteiger partial charge in [-0.25, -0.2) is 13.5 Å². The van der Waals surface area contributed by atoms with E-state index in [0.717, 1.165) is 11.8 Å². The van der Waals surface area contributed by atoms with Gasteiger partial charge < -0.3 is 0 Å². The second-order valence-corrected chi connectivity index (χ2v) is 8.08. The lowest BCUT2D eigenvalue weighted by molar-refractivity contribution is -0.329. The van der Waals surface area contributed by atoms with Crippen LogP contribution in [0.5, 0.6) is 0 Å². The number of hydrogen-bond donors (Lipinski definition) is 0. The fourth-order valence-corrected chi connectivity index (χ4v) is 5.31. The molecule has 0 N–H and O–H groups in total. The minimum atomic E-state index is -4.95. The molecule has 0 aliphatic carbocycles. The van der Waals surface area contributed by atoms with Crippen LogP contribution in [-0.2, 0) is 14.7 Å². The molecule has 0 amide bonds. The van der Waals surface area contributed by atoms with Gasteiger partial charge in [-0.15, -0.1) is 13.2 Å². The van der Waals surface area contributed by atoms with Crippen LogP contribution < -0.4 is 5.06 Å². The molecule has 1 aliphatic heterocycles. The number of rotatable bonds is 5. The monoisotopic (exact) mass is 341 g/mol. The highest BCUT2D eigenvalue weighted by molar-refractivity contribution is 8.14. The van der Waals surface area contributed by atoms with Crippen LogP contribution in [0.25, 0.3) is 0 Å². The maximum atomic E-state index is 12.5. The molecule has 0 saturated carbocycles. The molecule has 1 atom stereocenters. The molecule has 1 heterocycles. The molecule has 0 spiro atoms. The molecule has 21 heavy (non-hydrogen) atoms. The summed E-state index contributed by atoms with van der Waals surface area (Å²) in [6.07, 6.45) is -3.91. The van der Waals surface area contributed by atoms with E-state index in [9.17, 15) is 21.6 Å². The summed E-state index contributed by atoms with van der Waals surface area (Å²) in [5, 5.41) is 0.449. The molecule has 1 aromatic rings. The van der Waals surface area contributed by atoms with Crippen molar-refractivity contribution in [3.05, 3.63) is 24.3 Å². The number of hydroxylamine groups is 1. The van der Waals surface area contributed by atoms with Crippen LogP contribution in [0.15, 0.2) is 29.2 Å². The second kappa shape index (κ2) is 6.05. The lowest BCUT2D eigenvalue weighted by Crippen LogP contribution is -2.40. The maximum Gasteiger partial charge on any atom is 0.544 e. The van der Waals surface area contributed by atoms with E-state index in [-0.39, 0.29) is 11.4 Å². The largest absolute Gasteiger partial charge is 0.544 e. The fourth-order valence-electron chi connectivity index (χ4n) is 1.88. The Morgan fingerprint density at radius 3 is 2.62 bits per heavy atom. The van der Waals surface area contributed by atoms with Crippen LogP contribution in [0, 0.1) is 0 Å². The quantitative estimate of drug-likeness (QED) is 0.820. The highest BCUT2D eigenvalue weighted by Gasteiger charge is 2.45. The number of fused-ring (bicyclic) bond motifs is 1. The fraction of sp³-hybridized carbons (Fsp3) is 0.500. The van der Waals surface area contributed by atoms with Gasteiger partial charge in [0.1, 0.15) is 0 Å². The SMILES string of the molecule is CCCCS(=O)(=O)C1Sc2ccccc2N1OC(F)(F)F. The third-order valence-electron chi connectivity index (χ3n) is 2.81. The van der Waals surface area contributed by atoms with Gasteiger partial charge in [-0.05, 0) is 18.6 Å². The third kappa shape index (κ3) is 3.83. The zero-order valence-corrected chi connectivity index (χ0v) is 12.8. The van der Waals surface area contributed by atoms with E-state index in [1.165, 1.54) is 12.1 Å². The normalized spacial score (nSPS) is 18.9. The molecule has 2 rings (SSSR count). The Morgan fingerprint density at radius 2 is 2.00 bits per heavy atom. The first-order chi connectivity index (χ1) is 9.74. The van der Waals surface area contributed by atoms with Gasteiger partial charge in [-0.2, -0.15) is 4.84 Å². The van der Waals surface area contributed by atoms with Crippen molar-refractivity contribution in [2.75, 3.05) is 10.8 Å². The molecule has 0 aromatic heterocycles. The number of sulfone groups is 1. The molecule has 118 valence electrons. The van der Waals surface area contributed by atoms with E-state index in [0.29, 0.717) is 22.8 Å². The topological polar surface area (TPSA) is 46.6 Å². The number of thioether (sulfide) groups is 1. The predicted molar refractivity (Wildman–Crippen MR) is 74.4 cm³/mol. The van der Waals surface area contributed by atoms with Crippen LogP contribution in [0.4, 0.5) is 18.9 Å². The zero-order valence-electron chi connectivity index (χ0n) is 11.1. The van der Waals surface area contributed by atoms with E-state index in [4.69, 9.17) is 0 Å². The Bertz CT molecular complexity index is 604. The average Bonchev–Trinajstić information content (AvgIpc) is 2.74. The first-order valence-corrected chi connectivity index (χ1v) is 8.86. The van der Waals surface area contributed by atoms with Crippen molar-refractivity contribution in [1.29, 1.82) is 0 Å². The highest BCUT2D eigenvalue weighted by Crippen LogP contribution is 2.47. The van der Waals surface area contributed by atoms with Crippen molar-refractivity contribution in [1.82, 2.24) is 0 Å². The van der Waals surface area contributed by atoms with E-state index in [1.54, 1.807) is 12.1 Å². The van der Waals surface area contributed by atoms with Crippen molar-refractivity contribution in [2.24, 2.45) is 0 Å². The molecule has 0 fully saturated rings. The van der Waals surface area contributed by atoms with Gasteiger partial charge in [0.15, 0.2) is 9.84 Å². The van der Waals surface area contributed by atoms with Crippen molar-refractivity contribution in [3.8, 4) is 0 Å². The molecule has 0 bridgehead atoms. The maximum absolute atomic E-state index is 12.5. The summed E-state index contributed by atoms with van der Waals surface area (Å²) in [5.74, 6) is -0.174. The zero-order chi connectivity index (χ0) is 15.7. The average molecular weight is 341 g/mol. The number of halogens is 3. The summed E-state index contributed by atoms with van der Waals surface area (Å²) in [6, 6.07) is 6.15.